The summed E-state index contributed by atoms with van der Waals surface area (Å²) in [5, 5.41) is 4.71. The van der Waals surface area contributed by atoms with Crippen LogP contribution in [0, 0.1) is 6.92 Å². The standard InChI is InChI=1S/C20H22N2/c1-14-17-8-5-7-16-11-10-15-6-3-4-9-19(15)22(20(16)17)18(14)12-13-21-2/h3-9,21H,10-13H2,1-2H3. The number of hydrogen-bond donors (Lipinski definition) is 1. The maximum atomic E-state index is 3.30. The van der Waals surface area contributed by atoms with E-state index in [-0.39, 0.29) is 0 Å². The summed E-state index contributed by atoms with van der Waals surface area (Å²) < 4.78 is 2.53. The average Bonchev–Trinajstić information content (AvgIpc) is 2.73. The lowest BCUT2D eigenvalue weighted by Crippen LogP contribution is -2.14. The predicted octanol–water partition coefficient (Wildman–Crippen LogP) is 3.80. The first kappa shape index (κ1) is 13.6. The fraction of sp³-hybridized carbons (Fsp3) is 0.300. The van der Waals surface area contributed by atoms with Gasteiger partial charge in [-0.15, -0.1) is 0 Å². The SMILES string of the molecule is CNCCc1c(C)c2cccc3c2n1-c1ccccc1CC3. The Morgan fingerprint density at radius 2 is 1.77 bits per heavy atom. The molecule has 3 aromatic rings. The first-order valence-corrected chi connectivity index (χ1v) is 8.16. The molecule has 112 valence electrons. The van der Waals surface area contributed by atoms with E-state index in [1.165, 1.54) is 39.0 Å². The first-order valence-electron chi connectivity index (χ1n) is 8.16. The largest absolute Gasteiger partial charge is 0.319 e. The van der Waals surface area contributed by atoms with Crippen molar-refractivity contribution in [2.45, 2.75) is 26.2 Å². The smallest absolute Gasteiger partial charge is 0.0566 e. The number of fused-ring (bicyclic) bond motifs is 2. The highest BCUT2D eigenvalue weighted by Crippen LogP contribution is 2.35. The van der Waals surface area contributed by atoms with Gasteiger partial charge in [-0.25, -0.2) is 0 Å². The molecule has 0 saturated heterocycles. The van der Waals surface area contributed by atoms with Crippen molar-refractivity contribution in [3.63, 3.8) is 0 Å². The van der Waals surface area contributed by atoms with Gasteiger partial charge in [-0.3, -0.25) is 0 Å². The summed E-state index contributed by atoms with van der Waals surface area (Å²) in [6.07, 6.45) is 3.32. The molecule has 0 aliphatic carbocycles. The number of nitrogens with one attached hydrogen (secondary N) is 1. The molecule has 22 heavy (non-hydrogen) atoms. The minimum atomic E-state index is 1.01. The van der Waals surface area contributed by atoms with Crippen LogP contribution in [0.5, 0.6) is 0 Å². The van der Waals surface area contributed by atoms with Gasteiger partial charge in [0.2, 0.25) is 0 Å². The summed E-state index contributed by atoms with van der Waals surface area (Å²) in [7, 11) is 2.03. The predicted molar refractivity (Wildman–Crippen MR) is 93.1 cm³/mol. The highest BCUT2D eigenvalue weighted by Gasteiger charge is 2.21. The lowest BCUT2D eigenvalue weighted by Gasteiger charge is -2.14. The molecule has 2 aromatic carbocycles. The van der Waals surface area contributed by atoms with Crippen molar-refractivity contribution in [3.8, 4) is 5.69 Å². The number of rotatable bonds is 3. The molecular formula is C20H22N2. The van der Waals surface area contributed by atoms with E-state index >= 15 is 0 Å². The zero-order chi connectivity index (χ0) is 15.1. The summed E-state index contributed by atoms with van der Waals surface area (Å²) in [6.45, 7) is 3.28. The maximum Gasteiger partial charge on any atom is 0.0566 e. The molecular weight excluding hydrogens is 268 g/mol. The van der Waals surface area contributed by atoms with E-state index in [2.05, 4.69) is 59.3 Å². The lowest BCUT2D eigenvalue weighted by molar-refractivity contribution is 0.761. The second-order valence-corrected chi connectivity index (χ2v) is 6.20. The number of benzene rings is 2. The Morgan fingerprint density at radius 1 is 1.00 bits per heavy atom. The summed E-state index contributed by atoms with van der Waals surface area (Å²) in [4.78, 5) is 0. The fourth-order valence-corrected chi connectivity index (χ4v) is 3.84. The molecule has 1 aromatic heterocycles. The van der Waals surface area contributed by atoms with E-state index in [0.717, 1.165) is 25.8 Å². The van der Waals surface area contributed by atoms with Gasteiger partial charge in [0.1, 0.15) is 0 Å². The van der Waals surface area contributed by atoms with E-state index in [0.29, 0.717) is 0 Å². The molecule has 0 spiro atoms. The van der Waals surface area contributed by atoms with Crippen LogP contribution in [0.4, 0.5) is 0 Å². The van der Waals surface area contributed by atoms with Crippen molar-refractivity contribution in [3.05, 3.63) is 64.8 Å². The van der Waals surface area contributed by atoms with E-state index < -0.39 is 0 Å². The quantitative estimate of drug-likeness (QED) is 0.776. The van der Waals surface area contributed by atoms with E-state index in [9.17, 15) is 0 Å². The molecule has 2 heteroatoms. The zero-order valence-electron chi connectivity index (χ0n) is 13.3. The Hall–Kier alpha value is -2.06. The van der Waals surface area contributed by atoms with Crippen LogP contribution in [0.1, 0.15) is 22.4 Å². The number of aromatic nitrogens is 1. The second kappa shape index (κ2) is 5.29. The molecule has 2 nitrogen and oxygen atoms in total. The van der Waals surface area contributed by atoms with E-state index in [1.54, 1.807) is 0 Å². The number of para-hydroxylation sites is 2. The highest BCUT2D eigenvalue weighted by molar-refractivity contribution is 5.90. The van der Waals surface area contributed by atoms with Crippen LogP contribution in [0.2, 0.25) is 0 Å². The van der Waals surface area contributed by atoms with Crippen LogP contribution in [0.15, 0.2) is 42.5 Å². The summed E-state index contributed by atoms with van der Waals surface area (Å²) in [6, 6.07) is 15.7. The Labute approximate surface area is 131 Å². The minimum absolute atomic E-state index is 1.01. The average molecular weight is 290 g/mol. The second-order valence-electron chi connectivity index (χ2n) is 6.20. The molecule has 2 heterocycles. The van der Waals surface area contributed by atoms with Gasteiger partial charge < -0.3 is 9.88 Å². The van der Waals surface area contributed by atoms with E-state index in [1.807, 2.05) is 7.05 Å². The molecule has 0 unspecified atom stereocenters. The van der Waals surface area contributed by atoms with Crippen LogP contribution in [-0.2, 0) is 19.3 Å². The van der Waals surface area contributed by atoms with Crippen molar-refractivity contribution in [2.75, 3.05) is 13.6 Å². The number of aryl methyl sites for hydroxylation is 3. The Kier molecular flexibility index (Phi) is 3.27. The lowest BCUT2D eigenvalue weighted by atomic mass is 10.0. The monoisotopic (exact) mass is 290 g/mol. The van der Waals surface area contributed by atoms with Gasteiger partial charge in [-0.1, -0.05) is 36.4 Å². The summed E-state index contributed by atoms with van der Waals surface area (Å²) >= 11 is 0. The first-order chi connectivity index (χ1) is 10.8. The highest BCUT2D eigenvalue weighted by atomic mass is 15.0. The maximum absolute atomic E-state index is 3.30. The van der Waals surface area contributed by atoms with Gasteiger partial charge in [0.15, 0.2) is 0 Å². The van der Waals surface area contributed by atoms with Gasteiger partial charge in [-0.05, 0) is 49.6 Å². The molecule has 1 aliphatic rings. The Balaban J connectivity index is 2.09. The van der Waals surface area contributed by atoms with Crippen molar-refractivity contribution in [2.24, 2.45) is 0 Å². The topological polar surface area (TPSA) is 17.0 Å². The van der Waals surface area contributed by atoms with Gasteiger partial charge in [-0.2, -0.15) is 0 Å². The van der Waals surface area contributed by atoms with Crippen molar-refractivity contribution >= 4 is 10.9 Å². The van der Waals surface area contributed by atoms with Crippen LogP contribution in [0.25, 0.3) is 16.6 Å². The molecule has 1 N–H and O–H groups in total. The van der Waals surface area contributed by atoms with Crippen LogP contribution < -0.4 is 5.32 Å². The number of nitrogens with zero attached hydrogens (tertiary/aromatic N) is 1. The number of likely N-dealkylation sites (N-methyl/N-ethyl adjacent to an activating group) is 1. The molecule has 0 radical (unpaired) electrons. The summed E-state index contributed by atoms with van der Waals surface area (Å²) in [5.41, 5.74) is 8.62. The Bertz CT molecular complexity index is 842. The Morgan fingerprint density at radius 3 is 2.64 bits per heavy atom. The fourth-order valence-electron chi connectivity index (χ4n) is 3.84. The molecule has 0 atom stereocenters. The minimum Gasteiger partial charge on any atom is -0.319 e. The van der Waals surface area contributed by atoms with E-state index in [4.69, 9.17) is 0 Å². The normalized spacial score (nSPS) is 13.2. The molecule has 0 bridgehead atoms. The third kappa shape index (κ3) is 1.91. The molecule has 4 rings (SSSR count). The van der Waals surface area contributed by atoms with Gasteiger partial charge in [0.05, 0.1) is 5.52 Å². The summed E-state index contributed by atoms with van der Waals surface area (Å²) in [5.74, 6) is 0. The van der Waals surface area contributed by atoms with Crippen molar-refractivity contribution in [1.82, 2.24) is 9.88 Å². The third-order valence-corrected chi connectivity index (χ3v) is 4.96. The van der Waals surface area contributed by atoms with Gasteiger partial charge >= 0.3 is 0 Å². The molecule has 0 fully saturated rings. The van der Waals surface area contributed by atoms with Crippen LogP contribution in [0.3, 0.4) is 0 Å². The molecule has 0 amide bonds. The molecule has 1 aliphatic heterocycles. The van der Waals surface area contributed by atoms with Crippen molar-refractivity contribution in [1.29, 1.82) is 0 Å². The van der Waals surface area contributed by atoms with Gasteiger partial charge in [0, 0.05) is 29.7 Å². The van der Waals surface area contributed by atoms with Crippen LogP contribution in [-0.4, -0.2) is 18.2 Å². The van der Waals surface area contributed by atoms with Gasteiger partial charge in [0.25, 0.3) is 0 Å². The number of hydrogen-bond acceptors (Lipinski definition) is 1. The molecule has 0 saturated carbocycles. The van der Waals surface area contributed by atoms with Crippen LogP contribution >= 0.6 is 0 Å². The third-order valence-electron chi connectivity index (χ3n) is 4.96. The van der Waals surface area contributed by atoms with Crippen molar-refractivity contribution < 1.29 is 0 Å². The zero-order valence-corrected chi connectivity index (χ0v) is 13.3.